The molecular formula is C13H21NOS. The standard InChI is InChI=1S/C13H21NOS/c1-4-12(14-5-2)10-16(15)13-8-6-7-11(3)9-13/h6-9,12,14H,4-5,10H2,1-3H3. The third-order valence-corrected chi connectivity index (χ3v) is 4.08. The summed E-state index contributed by atoms with van der Waals surface area (Å²) >= 11 is 0. The first-order valence-electron chi connectivity index (χ1n) is 5.85. The van der Waals surface area contributed by atoms with Crippen LogP contribution in [0.3, 0.4) is 0 Å². The molecule has 0 heterocycles. The molecular weight excluding hydrogens is 218 g/mol. The number of rotatable bonds is 6. The highest BCUT2D eigenvalue weighted by Gasteiger charge is 2.11. The van der Waals surface area contributed by atoms with E-state index in [-0.39, 0.29) is 0 Å². The van der Waals surface area contributed by atoms with Crippen LogP contribution in [0.2, 0.25) is 0 Å². The summed E-state index contributed by atoms with van der Waals surface area (Å²) in [6.07, 6.45) is 1.02. The lowest BCUT2D eigenvalue weighted by Crippen LogP contribution is -2.33. The molecule has 0 fully saturated rings. The van der Waals surface area contributed by atoms with E-state index in [1.165, 1.54) is 5.56 Å². The minimum absolute atomic E-state index is 0.353. The summed E-state index contributed by atoms with van der Waals surface area (Å²) in [5.74, 6) is 0.702. The van der Waals surface area contributed by atoms with Gasteiger partial charge in [-0.25, -0.2) is 0 Å². The molecule has 0 radical (unpaired) electrons. The molecule has 0 aliphatic rings. The van der Waals surface area contributed by atoms with Crippen LogP contribution in [0.5, 0.6) is 0 Å². The fourth-order valence-corrected chi connectivity index (χ4v) is 3.10. The van der Waals surface area contributed by atoms with Crippen molar-refractivity contribution in [2.45, 2.75) is 38.1 Å². The van der Waals surface area contributed by atoms with Gasteiger partial charge in [-0.05, 0) is 37.6 Å². The number of nitrogens with one attached hydrogen (secondary N) is 1. The van der Waals surface area contributed by atoms with Crippen molar-refractivity contribution in [3.8, 4) is 0 Å². The molecule has 0 aliphatic carbocycles. The lowest BCUT2D eigenvalue weighted by molar-refractivity contribution is 0.553. The predicted octanol–water partition coefficient (Wildman–Crippen LogP) is 2.49. The van der Waals surface area contributed by atoms with Gasteiger partial charge in [0.25, 0.3) is 0 Å². The Bertz CT molecular complexity index is 352. The molecule has 0 aromatic heterocycles. The minimum atomic E-state index is -0.888. The highest BCUT2D eigenvalue weighted by Crippen LogP contribution is 2.10. The van der Waals surface area contributed by atoms with Gasteiger partial charge in [-0.2, -0.15) is 0 Å². The number of aryl methyl sites for hydroxylation is 1. The van der Waals surface area contributed by atoms with Crippen LogP contribution < -0.4 is 5.32 Å². The van der Waals surface area contributed by atoms with E-state index in [1.54, 1.807) is 0 Å². The molecule has 2 nitrogen and oxygen atoms in total. The summed E-state index contributed by atoms with van der Waals surface area (Å²) in [5.41, 5.74) is 1.17. The van der Waals surface area contributed by atoms with Crippen LogP contribution >= 0.6 is 0 Å². The molecule has 0 amide bonds. The molecule has 1 N–H and O–H groups in total. The Morgan fingerprint density at radius 2 is 2.12 bits per heavy atom. The van der Waals surface area contributed by atoms with Gasteiger partial charge >= 0.3 is 0 Å². The summed E-state index contributed by atoms with van der Waals surface area (Å²) < 4.78 is 12.1. The number of hydrogen-bond donors (Lipinski definition) is 1. The minimum Gasteiger partial charge on any atom is -0.313 e. The normalized spacial score (nSPS) is 14.7. The molecule has 90 valence electrons. The van der Waals surface area contributed by atoms with E-state index in [0.717, 1.165) is 17.9 Å². The highest BCUT2D eigenvalue weighted by atomic mass is 32.2. The summed E-state index contributed by atoms with van der Waals surface area (Å²) in [7, 11) is -0.888. The van der Waals surface area contributed by atoms with Crippen molar-refractivity contribution in [3.05, 3.63) is 29.8 Å². The molecule has 0 saturated carbocycles. The second kappa shape index (κ2) is 6.81. The Hall–Kier alpha value is -0.670. The van der Waals surface area contributed by atoms with E-state index in [9.17, 15) is 4.21 Å². The van der Waals surface area contributed by atoms with Gasteiger partial charge in [-0.1, -0.05) is 26.0 Å². The van der Waals surface area contributed by atoms with Crippen LogP contribution in [-0.2, 0) is 10.8 Å². The third-order valence-electron chi connectivity index (χ3n) is 2.59. The van der Waals surface area contributed by atoms with Crippen molar-refractivity contribution in [1.29, 1.82) is 0 Å². The fourth-order valence-electron chi connectivity index (χ4n) is 1.65. The summed E-state index contributed by atoms with van der Waals surface area (Å²) in [6.45, 7) is 7.17. The Kier molecular flexibility index (Phi) is 5.71. The number of hydrogen-bond acceptors (Lipinski definition) is 2. The smallest absolute Gasteiger partial charge is 0.0545 e. The molecule has 1 aromatic carbocycles. The van der Waals surface area contributed by atoms with E-state index in [0.29, 0.717) is 11.8 Å². The molecule has 0 aliphatic heterocycles. The van der Waals surface area contributed by atoms with Crippen LogP contribution in [-0.4, -0.2) is 22.5 Å². The van der Waals surface area contributed by atoms with Crippen molar-refractivity contribution in [2.24, 2.45) is 0 Å². The van der Waals surface area contributed by atoms with Crippen LogP contribution in [0, 0.1) is 6.92 Å². The SMILES string of the molecule is CCNC(CC)CS(=O)c1cccc(C)c1. The first-order valence-corrected chi connectivity index (χ1v) is 7.17. The van der Waals surface area contributed by atoms with Gasteiger partial charge < -0.3 is 5.32 Å². The molecule has 2 unspecified atom stereocenters. The van der Waals surface area contributed by atoms with Crippen molar-refractivity contribution < 1.29 is 4.21 Å². The summed E-state index contributed by atoms with van der Waals surface area (Å²) in [6, 6.07) is 8.31. The fraction of sp³-hybridized carbons (Fsp3) is 0.538. The maximum atomic E-state index is 12.1. The predicted molar refractivity (Wildman–Crippen MR) is 70.2 cm³/mol. The van der Waals surface area contributed by atoms with E-state index in [4.69, 9.17) is 0 Å². The Labute approximate surface area is 101 Å². The van der Waals surface area contributed by atoms with Crippen LogP contribution in [0.4, 0.5) is 0 Å². The largest absolute Gasteiger partial charge is 0.313 e. The molecule has 1 aromatic rings. The Morgan fingerprint density at radius 3 is 2.69 bits per heavy atom. The Balaban J connectivity index is 2.64. The molecule has 2 atom stereocenters. The molecule has 0 spiro atoms. The van der Waals surface area contributed by atoms with Crippen molar-refractivity contribution in [3.63, 3.8) is 0 Å². The summed E-state index contributed by atoms with van der Waals surface area (Å²) in [5, 5.41) is 3.35. The average molecular weight is 239 g/mol. The highest BCUT2D eigenvalue weighted by molar-refractivity contribution is 7.85. The molecule has 0 bridgehead atoms. The van der Waals surface area contributed by atoms with E-state index in [2.05, 4.69) is 19.2 Å². The van der Waals surface area contributed by atoms with E-state index in [1.807, 2.05) is 31.2 Å². The molecule has 16 heavy (non-hydrogen) atoms. The second-order valence-corrected chi connectivity index (χ2v) is 5.49. The van der Waals surface area contributed by atoms with Gasteiger partial charge in [0.1, 0.15) is 0 Å². The van der Waals surface area contributed by atoms with Gasteiger partial charge in [0.2, 0.25) is 0 Å². The average Bonchev–Trinajstić information content (AvgIpc) is 2.28. The lowest BCUT2D eigenvalue weighted by Gasteiger charge is -2.15. The van der Waals surface area contributed by atoms with Gasteiger partial charge in [-0.3, -0.25) is 4.21 Å². The van der Waals surface area contributed by atoms with E-state index < -0.39 is 10.8 Å². The third kappa shape index (κ3) is 4.06. The number of benzene rings is 1. The maximum Gasteiger partial charge on any atom is 0.0545 e. The zero-order valence-electron chi connectivity index (χ0n) is 10.3. The second-order valence-electron chi connectivity index (χ2n) is 3.99. The monoisotopic (exact) mass is 239 g/mol. The zero-order valence-corrected chi connectivity index (χ0v) is 11.1. The Morgan fingerprint density at radius 1 is 1.38 bits per heavy atom. The van der Waals surface area contributed by atoms with Crippen LogP contribution in [0.25, 0.3) is 0 Å². The molecule has 0 saturated heterocycles. The molecule has 3 heteroatoms. The quantitative estimate of drug-likeness (QED) is 0.826. The zero-order chi connectivity index (χ0) is 12.0. The van der Waals surface area contributed by atoms with Crippen LogP contribution in [0.15, 0.2) is 29.2 Å². The van der Waals surface area contributed by atoms with Gasteiger partial charge in [0, 0.05) is 16.7 Å². The van der Waals surface area contributed by atoms with Crippen molar-refractivity contribution in [2.75, 3.05) is 12.3 Å². The van der Waals surface area contributed by atoms with Gasteiger partial charge in [0.05, 0.1) is 10.8 Å². The van der Waals surface area contributed by atoms with Crippen molar-refractivity contribution >= 4 is 10.8 Å². The van der Waals surface area contributed by atoms with Gasteiger partial charge in [0.15, 0.2) is 0 Å². The van der Waals surface area contributed by atoms with Crippen LogP contribution in [0.1, 0.15) is 25.8 Å². The molecule has 1 rings (SSSR count). The maximum absolute atomic E-state index is 12.1. The first-order chi connectivity index (χ1) is 7.67. The van der Waals surface area contributed by atoms with Gasteiger partial charge in [-0.15, -0.1) is 0 Å². The summed E-state index contributed by atoms with van der Waals surface area (Å²) in [4.78, 5) is 0.941. The lowest BCUT2D eigenvalue weighted by atomic mass is 10.2. The van der Waals surface area contributed by atoms with E-state index >= 15 is 0 Å². The van der Waals surface area contributed by atoms with Crippen molar-refractivity contribution in [1.82, 2.24) is 5.32 Å². The topological polar surface area (TPSA) is 29.1 Å². The first kappa shape index (κ1) is 13.4.